The van der Waals surface area contributed by atoms with Gasteiger partial charge in [0.2, 0.25) is 5.15 Å². The molecule has 15 heavy (non-hydrogen) atoms. The Kier molecular flexibility index (Phi) is 3.18. The molecule has 0 bridgehead atoms. The fourth-order valence-corrected chi connectivity index (χ4v) is 1.84. The monoisotopic (exact) mass is 240 g/mol. The molecule has 1 aromatic carbocycles. The van der Waals surface area contributed by atoms with Gasteiger partial charge in [-0.15, -0.1) is 4.37 Å². The van der Waals surface area contributed by atoms with E-state index in [-0.39, 0.29) is 0 Å². The Morgan fingerprint density at radius 3 is 2.80 bits per heavy atom. The molecule has 78 valence electrons. The zero-order valence-corrected chi connectivity index (χ0v) is 9.68. The summed E-state index contributed by atoms with van der Waals surface area (Å²) in [5.41, 5.74) is 1.13. The van der Waals surface area contributed by atoms with Crippen molar-refractivity contribution in [1.29, 1.82) is 0 Å². The molecule has 2 rings (SSSR count). The first-order valence-electron chi connectivity index (χ1n) is 4.55. The predicted octanol–water partition coefficient (Wildman–Crippen LogP) is 3.55. The number of para-hydroxylation sites is 1. The molecule has 0 atom stereocenters. The molecule has 5 heteroatoms. The Hall–Kier alpha value is -1.13. The number of hydrogen-bond donors (Lipinski definition) is 0. The predicted molar refractivity (Wildman–Crippen MR) is 60.8 cm³/mol. The number of halogens is 1. The summed E-state index contributed by atoms with van der Waals surface area (Å²) in [5, 5.41) is 0.311. The van der Waals surface area contributed by atoms with Crippen LogP contribution in [0.15, 0.2) is 24.3 Å². The number of nitrogens with zero attached hydrogens (tertiary/aromatic N) is 2. The van der Waals surface area contributed by atoms with E-state index in [0.29, 0.717) is 11.0 Å². The average Bonchev–Trinajstić information content (AvgIpc) is 2.65. The summed E-state index contributed by atoms with van der Waals surface area (Å²) in [5.74, 6) is 1.16. The highest BCUT2D eigenvalue weighted by Gasteiger charge is 2.09. The topological polar surface area (TPSA) is 35.0 Å². The maximum Gasteiger partial charge on any atom is 0.270 e. The number of rotatable bonds is 3. The lowest BCUT2D eigenvalue weighted by Gasteiger charge is -2.06. The van der Waals surface area contributed by atoms with E-state index in [4.69, 9.17) is 16.3 Å². The van der Waals surface area contributed by atoms with Crippen LogP contribution in [0.4, 0.5) is 0 Å². The van der Waals surface area contributed by atoms with Crippen LogP contribution >= 0.6 is 23.3 Å². The first-order valence-corrected chi connectivity index (χ1v) is 5.66. The second kappa shape index (κ2) is 4.59. The molecule has 0 amide bonds. The SMILES string of the molecule is CCc1ccccc1Oc1nsnc1Cl. The fraction of sp³-hybridized carbons (Fsp3) is 0.200. The molecular formula is C10H9ClN2OS. The van der Waals surface area contributed by atoms with Gasteiger partial charge in [0, 0.05) is 0 Å². The van der Waals surface area contributed by atoms with Gasteiger partial charge >= 0.3 is 0 Å². The molecule has 1 heterocycles. The molecule has 0 unspecified atom stereocenters. The standard InChI is InChI=1S/C10H9ClN2OS/c1-2-7-5-3-4-6-8(7)14-10-9(11)12-15-13-10/h3-6H,2H2,1H3. The number of aromatic nitrogens is 2. The highest BCUT2D eigenvalue weighted by molar-refractivity contribution is 6.99. The average molecular weight is 241 g/mol. The van der Waals surface area contributed by atoms with Crippen molar-refractivity contribution in [2.24, 2.45) is 0 Å². The van der Waals surface area contributed by atoms with E-state index in [1.165, 1.54) is 0 Å². The normalized spacial score (nSPS) is 10.3. The van der Waals surface area contributed by atoms with Crippen LogP contribution in [-0.2, 0) is 6.42 Å². The van der Waals surface area contributed by atoms with Gasteiger partial charge in [0.1, 0.15) is 5.75 Å². The van der Waals surface area contributed by atoms with E-state index in [1.807, 2.05) is 24.3 Å². The Morgan fingerprint density at radius 1 is 1.33 bits per heavy atom. The van der Waals surface area contributed by atoms with E-state index in [0.717, 1.165) is 29.5 Å². The Morgan fingerprint density at radius 2 is 2.13 bits per heavy atom. The lowest BCUT2D eigenvalue weighted by molar-refractivity contribution is 0.462. The van der Waals surface area contributed by atoms with Gasteiger partial charge in [-0.2, -0.15) is 4.37 Å². The Balaban J connectivity index is 2.28. The smallest absolute Gasteiger partial charge is 0.270 e. The maximum absolute atomic E-state index is 5.80. The molecule has 0 fully saturated rings. The molecule has 0 N–H and O–H groups in total. The van der Waals surface area contributed by atoms with E-state index >= 15 is 0 Å². The van der Waals surface area contributed by atoms with E-state index in [2.05, 4.69) is 15.7 Å². The lowest BCUT2D eigenvalue weighted by Crippen LogP contribution is -1.90. The minimum Gasteiger partial charge on any atom is -0.435 e. The summed E-state index contributed by atoms with van der Waals surface area (Å²) >= 11 is 6.84. The van der Waals surface area contributed by atoms with Crippen LogP contribution in [0.5, 0.6) is 11.6 Å². The molecular weight excluding hydrogens is 232 g/mol. The molecule has 0 aliphatic heterocycles. The second-order valence-electron chi connectivity index (χ2n) is 2.92. The first-order chi connectivity index (χ1) is 7.31. The zero-order valence-electron chi connectivity index (χ0n) is 8.11. The number of benzene rings is 1. The van der Waals surface area contributed by atoms with Crippen molar-refractivity contribution in [1.82, 2.24) is 8.75 Å². The quantitative estimate of drug-likeness (QED) is 0.823. The van der Waals surface area contributed by atoms with Gasteiger partial charge in [-0.3, -0.25) is 0 Å². The van der Waals surface area contributed by atoms with Crippen molar-refractivity contribution < 1.29 is 4.74 Å². The molecule has 0 aliphatic carbocycles. The van der Waals surface area contributed by atoms with Crippen LogP contribution in [0.1, 0.15) is 12.5 Å². The molecule has 1 aromatic heterocycles. The van der Waals surface area contributed by atoms with E-state index in [1.54, 1.807) is 0 Å². The third-order valence-electron chi connectivity index (χ3n) is 1.98. The molecule has 0 spiro atoms. The largest absolute Gasteiger partial charge is 0.435 e. The number of aryl methyl sites for hydroxylation is 1. The number of hydrogen-bond acceptors (Lipinski definition) is 4. The van der Waals surface area contributed by atoms with Crippen molar-refractivity contribution in [3.8, 4) is 11.6 Å². The summed E-state index contributed by atoms with van der Waals surface area (Å²) in [6, 6.07) is 7.81. The molecule has 2 aromatic rings. The minimum absolute atomic E-state index is 0.311. The van der Waals surface area contributed by atoms with Crippen molar-refractivity contribution in [3.05, 3.63) is 35.0 Å². The highest BCUT2D eigenvalue weighted by atomic mass is 35.5. The highest BCUT2D eigenvalue weighted by Crippen LogP contribution is 2.29. The first kappa shape index (κ1) is 10.4. The van der Waals surface area contributed by atoms with Gasteiger partial charge in [-0.25, -0.2) is 0 Å². The minimum atomic E-state index is 0.311. The van der Waals surface area contributed by atoms with Crippen molar-refractivity contribution in [3.63, 3.8) is 0 Å². The van der Waals surface area contributed by atoms with Gasteiger partial charge in [0.15, 0.2) is 0 Å². The van der Waals surface area contributed by atoms with Gasteiger partial charge in [0.05, 0.1) is 11.7 Å². The molecule has 3 nitrogen and oxygen atoms in total. The summed E-state index contributed by atoms with van der Waals surface area (Å²) in [6.45, 7) is 2.07. The van der Waals surface area contributed by atoms with Crippen LogP contribution in [0.2, 0.25) is 5.15 Å². The third kappa shape index (κ3) is 2.27. The van der Waals surface area contributed by atoms with Crippen LogP contribution in [-0.4, -0.2) is 8.75 Å². The van der Waals surface area contributed by atoms with Gasteiger partial charge in [-0.05, 0) is 18.1 Å². The molecule has 0 saturated carbocycles. The summed E-state index contributed by atoms with van der Waals surface area (Å²) in [7, 11) is 0. The van der Waals surface area contributed by atoms with Crippen LogP contribution in [0.25, 0.3) is 0 Å². The van der Waals surface area contributed by atoms with Crippen LogP contribution in [0.3, 0.4) is 0 Å². The fourth-order valence-electron chi connectivity index (χ4n) is 1.23. The van der Waals surface area contributed by atoms with Crippen LogP contribution < -0.4 is 4.74 Å². The Labute approximate surface area is 97.0 Å². The van der Waals surface area contributed by atoms with Crippen LogP contribution in [0, 0.1) is 0 Å². The lowest BCUT2D eigenvalue weighted by atomic mass is 10.1. The second-order valence-corrected chi connectivity index (χ2v) is 3.81. The summed E-state index contributed by atoms with van der Waals surface area (Å²) in [6.07, 6.45) is 0.908. The van der Waals surface area contributed by atoms with Gasteiger partial charge < -0.3 is 4.74 Å². The molecule has 0 radical (unpaired) electrons. The van der Waals surface area contributed by atoms with E-state index < -0.39 is 0 Å². The summed E-state index contributed by atoms with van der Waals surface area (Å²) in [4.78, 5) is 0. The van der Waals surface area contributed by atoms with Gasteiger partial charge in [0.25, 0.3) is 5.88 Å². The van der Waals surface area contributed by atoms with Gasteiger partial charge in [-0.1, -0.05) is 36.7 Å². The van der Waals surface area contributed by atoms with E-state index in [9.17, 15) is 0 Å². The van der Waals surface area contributed by atoms with Crippen molar-refractivity contribution in [2.75, 3.05) is 0 Å². The van der Waals surface area contributed by atoms with Crippen molar-refractivity contribution >= 4 is 23.3 Å². The van der Waals surface area contributed by atoms with Crippen molar-refractivity contribution in [2.45, 2.75) is 13.3 Å². The maximum atomic E-state index is 5.80. The third-order valence-corrected chi connectivity index (χ3v) is 2.84. The molecule has 0 saturated heterocycles. The summed E-state index contributed by atoms with van der Waals surface area (Å²) < 4.78 is 13.4. The Bertz CT molecular complexity index is 458. The number of ether oxygens (including phenoxy) is 1. The molecule has 0 aliphatic rings. The zero-order chi connectivity index (χ0) is 10.7.